The quantitative estimate of drug-likeness (QED) is 0.204. The van der Waals surface area contributed by atoms with Gasteiger partial charge in [-0.05, 0) is 25.0 Å². The van der Waals surface area contributed by atoms with E-state index in [1.807, 2.05) is 24.3 Å². The Morgan fingerprint density at radius 3 is 1.94 bits per heavy atom. The molecule has 0 aliphatic carbocycles. The molecule has 0 amide bonds. The van der Waals surface area contributed by atoms with Crippen LogP contribution in [0.3, 0.4) is 0 Å². The molecule has 0 spiro atoms. The molecule has 9 heteroatoms. The largest absolute Gasteiger partial charge is 0.492 e. The van der Waals surface area contributed by atoms with Gasteiger partial charge in [0.2, 0.25) is 0 Å². The van der Waals surface area contributed by atoms with E-state index in [4.69, 9.17) is 35.5 Å². The molecule has 3 aromatic rings. The zero-order valence-corrected chi connectivity index (χ0v) is 21.3. The van der Waals surface area contributed by atoms with Crippen LogP contribution in [0.25, 0.3) is 21.8 Å². The summed E-state index contributed by atoms with van der Waals surface area (Å²) >= 11 is 6.31. The molecule has 1 aromatic carbocycles. The first-order valence-electron chi connectivity index (χ1n) is 9.48. The summed E-state index contributed by atoms with van der Waals surface area (Å²) in [5, 5.41) is 2.33. The molecule has 0 N–H and O–H groups in total. The number of carbonyl (C=O) groups excluding carboxylic acids is 3. The molecular formula is C23H23ClN2O5Re. The Kier molecular flexibility index (Phi) is 19.2. The van der Waals surface area contributed by atoms with Crippen LogP contribution in [-0.4, -0.2) is 43.5 Å². The molecule has 169 valence electrons. The minimum Gasteiger partial charge on any atom is -0.492 e. The summed E-state index contributed by atoms with van der Waals surface area (Å²) in [5.41, 5.74) is 1.60. The van der Waals surface area contributed by atoms with Gasteiger partial charge in [0.05, 0.1) is 30.4 Å². The fourth-order valence-corrected chi connectivity index (χ4v) is 2.80. The van der Waals surface area contributed by atoms with Gasteiger partial charge in [0.1, 0.15) is 5.75 Å². The number of rotatable bonds is 8. The maximum Gasteiger partial charge on any atom is 0.281 e. The van der Waals surface area contributed by atoms with Gasteiger partial charge in [-0.1, -0.05) is 50.4 Å². The van der Waals surface area contributed by atoms with E-state index in [1.165, 1.54) is 0 Å². The predicted octanol–water partition coefficient (Wildman–Crippen LogP) is 4.60. The third kappa shape index (κ3) is 9.39. The molecule has 7 nitrogen and oxygen atoms in total. The second-order valence-corrected chi connectivity index (χ2v) is 6.42. The molecule has 2 aromatic heterocycles. The summed E-state index contributed by atoms with van der Waals surface area (Å²) < 4.78 is 11.5. The Hall–Kier alpha value is -2.40. The molecule has 0 unspecified atom stereocenters. The van der Waals surface area contributed by atoms with Gasteiger partial charge in [0, 0.05) is 31.2 Å². The Morgan fingerprint density at radius 2 is 1.38 bits per heavy atom. The van der Waals surface area contributed by atoms with Crippen molar-refractivity contribution in [3.05, 3.63) is 35.6 Å². The molecule has 0 bridgehead atoms. The molecule has 0 saturated heterocycles. The zero-order chi connectivity index (χ0) is 23.6. The molecular weight excluding hydrogens is 606 g/mol. The molecule has 0 fully saturated rings. The summed E-state index contributed by atoms with van der Waals surface area (Å²) in [6.07, 6.45) is 5.97. The Labute approximate surface area is 207 Å². The molecule has 0 aliphatic heterocycles. The number of pyridine rings is 2. The number of halogens is 1. The Balaban J connectivity index is 0. The van der Waals surface area contributed by atoms with Crippen molar-refractivity contribution >= 4 is 53.8 Å². The summed E-state index contributed by atoms with van der Waals surface area (Å²) in [6, 6.07) is 7.99. The normalized spacial score (nSPS) is 9.09. The summed E-state index contributed by atoms with van der Waals surface area (Å²) in [5.74, 6) is 1.41. The number of benzene rings is 1. The Morgan fingerprint density at radius 1 is 0.844 bits per heavy atom. The van der Waals surface area contributed by atoms with E-state index in [2.05, 4.69) is 44.2 Å². The van der Waals surface area contributed by atoms with Crippen molar-refractivity contribution in [3.8, 4) is 11.5 Å². The van der Waals surface area contributed by atoms with Crippen LogP contribution in [0.1, 0.15) is 39.5 Å². The third-order valence-corrected chi connectivity index (χ3v) is 4.33. The van der Waals surface area contributed by atoms with Crippen molar-refractivity contribution in [2.45, 2.75) is 39.5 Å². The number of fused-ring (bicyclic) bond motifs is 3. The van der Waals surface area contributed by atoms with E-state index in [-0.39, 0.29) is 20.4 Å². The van der Waals surface area contributed by atoms with Crippen molar-refractivity contribution in [1.82, 2.24) is 9.97 Å². The molecule has 3 rings (SSSR count). The van der Waals surface area contributed by atoms with Crippen LogP contribution < -0.4 is 9.47 Å². The smallest absolute Gasteiger partial charge is 0.281 e. The first-order chi connectivity index (χ1) is 15.2. The van der Waals surface area contributed by atoms with E-state index in [1.54, 1.807) is 6.20 Å². The zero-order valence-electron chi connectivity index (χ0n) is 17.8. The SMILES string of the molecule is CCCCOc1cnc2c(ccc3cc(OCCCC)c(Cl)nc32)c1.[C]=O.[C]=O.[C]=O.[Re]. The monoisotopic (exact) mass is 629 g/mol. The van der Waals surface area contributed by atoms with Crippen LogP contribution in [0.5, 0.6) is 11.5 Å². The van der Waals surface area contributed by atoms with Gasteiger partial charge in [-0.25, -0.2) is 4.98 Å². The van der Waals surface area contributed by atoms with Crippen molar-refractivity contribution in [3.63, 3.8) is 0 Å². The maximum absolute atomic E-state index is 7.50. The minimum atomic E-state index is 0. The summed E-state index contributed by atoms with van der Waals surface area (Å²) in [6.45, 7) is 19.1. The van der Waals surface area contributed by atoms with Gasteiger partial charge in [-0.2, -0.15) is 0 Å². The van der Waals surface area contributed by atoms with Gasteiger partial charge in [0.25, 0.3) is 20.4 Å². The molecule has 0 saturated carbocycles. The van der Waals surface area contributed by atoms with E-state index < -0.39 is 0 Å². The van der Waals surface area contributed by atoms with Crippen molar-refractivity contribution in [1.29, 1.82) is 0 Å². The van der Waals surface area contributed by atoms with Crippen LogP contribution in [0, 0.1) is 0 Å². The number of hydrogen-bond donors (Lipinski definition) is 0. The number of hydrogen-bond acceptors (Lipinski definition) is 7. The van der Waals surface area contributed by atoms with Crippen LogP contribution in [0.2, 0.25) is 5.15 Å². The van der Waals surface area contributed by atoms with Gasteiger partial charge >= 0.3 is 0 Å². The number of unbranched alkanes of at least 4 members (excludes halogenated alkanes) is 2. The number of nitrogens with zero attached hydrogens (tertiary/aromatic N) is 2. The van der Waals surface area contributed by atoms with Gasteiger partial charge in [-0.15, -0.1) is 0 Å². The van der Waals surface area contributed by atoms with E-state index in [0.717, 1.165) is 53.2 Å². The predicted molar refractivity (Wildman–Crippen MR) is 120 cm³/mol. The molecule has 0 aliphatic rings. The van der Waals surface area contributed by atoms with E-state index >= 15 is 0 Å². The van der Waals surface area contributed by atoms with Crippen molar-refractivity contribution in [2.75, 3.05) is 13.2 Å². The van der Waals surface area contributed by atoms with Crippen LogP contribution >= 0.6 is 11.6 Å². The fourth-order valence-electron chi connectivity index (χ4n) is 2.61. The Bertz CT molecular complexity index is 925. The van der Waals surface area contributed by atoms with Crippen molar-refractivity contribution < 1.29 is 44.3 Å². The number of aromatic nitrogens is 2. The molecule has 32 heavy (non-hydrogen) atoms. The fraction of sp³-hybridized carbons (Fsp3) is 0.348. The first-order valence-corrected chi connectivity index (χ1v) is 9.86. The van der Waals surface area contributed by atoms with Gasteiger partial charge in [0.15, 0.2) is 10.9 Å². The van der Waals surface area contributed by atoms with Crippen LogP contribution in [-0.2, 0) is 34.8 Å². The number of ether oxygens (including phenoxy) is 2. The molecule has 7 radical (unpaired) electrons. The van der Waals surface area contributed by atoms with E-state index in [9.17, 15) is 0 Å². The van der Waals surface area contributed by atoms with Gasteiger partial charge < -0.3 is 9.47 Å². The third-order valence-electron chi connectivity index (χ3n) is 4.05. The average molecular weight is 629 g/mol. The standard InChI is InChI=1S/C20H23ClN2O2.3CO.Re/c1-3-5-9-24-16-11-14-7-8-15-12-17(25-10-6-4-2)20(21)23-19(15)18(14)22-13-16;3*1-2;/h7-8,11-13H,3-6,9-10H2,1-2H3;;;;. The topological polar surface area (TPSA) is 95.4 Å². The van der Waals surface area contributed by atoms with Crippen LogP contribution in [0.15, 0.2) is 30.5 Å². The summed E-state index contributed by atoms with van der Waals surface area (Å²) in [7, 11) is 0. The van der Waals surface area contributed by atoms with Gasteiger partial charge in [-0.3, -0.25) is 19.4 Å². The van der Waals surface area contributed by atoms with E-state index in [0.29, 0.717) is 24.1 Å². The minimum absolute atomic E-state index is 0. The second-order valence-electron chi connectivity index (χ2n) is 6.06. The maximum atomic E-state index is 7.50. The average Bonchev–Trinajstić information content (AvgIpc) is 2.83. The molecule has 0 atom stereocenters. The first kappa shape index (κ1) is 31.8. The van der Waals surface area contributed by atoms with Crippen LogP contribution in [0.4, 0.5) is 0 Å². The van der Waals surface area contributed by atoms with Crippen molar-refractivity contribution in [2.24, 2.45) is 0 Å². The summed E-state index contributed by atoms with van der Waals surface area (Å²) in [4.78, 5) is 31.6. The molecule has 2 heterocycles. The second kappa shape index (κ2) is 19.3.